The summed E-state index contributed by atoms with van der Waals surface area (Å²) in [6.07, 6.45) is 0.546. The zero-order chi connectivity index (χ0) is 12.7. The molecule has 3 rings (SSSR count). The molecule has 2 aliphatic heterocycles. The molecule has 0 spiro atoms. The first-order chi connectivity index (χ1) is 8.69. The Morgan fingerprint density at radius 3 is 2.72 bits per heavy atom. The molecule has 1 amide bonds. The Labute approximate surface area is 106 Å². The molecule has 18 heavy (non-hydrogen) atoms. The molecule has 1 unspecified atom stereocenters. The van der Waals surface area contributed by atoms with Gasteiger partial charge in [-0.05, 0) is 25.6 Å². The van der Waals surface area contributed by atoms with E-state index in [9.17, 15) is 4.79 Å². The summed E-state index contributed by atoms with van der Waals surface area (Å²) in [5.41, 5.74) is 1.95. The zero-order valence-corrected chi connectivity index (χ0v) is 10.5. The van der Waals surface area contributed by atoms with E-state index in [2.05, 4.69) is 5.32 Å². The molecule has 2 heterocycles. The van der Waals surface area contributed by atoms with Crippen molar-refractivity contribution in [2.75, 3.05) is 25.3 Å². The Balaban J connectivity index is 1.95. The summed E-state index contributed by atoms with van der Waals surface area (Å²) in [5, 5.41) is 3.15. The first-order valence-electron chi connectivity index (χ1n) is 6.07. The number of hydrogen-bond donors (Lipinski definition) is 1. The van der Waals surface area contributed by atoms with Gasteiger partial charge in [0, 0.05) is 25.1 Å². The van der Waals surface area contributed by atoms with Crippen LogP contribution in [0.15, 0.2) is 12.1 Å². The summed E-state index contributed by atoms with van der Waals surface area (Å²) < 4.78 is 10.7. The number of carbonyl (C=O) groups is 1. The lowest BCUT2D eigenvalue weighted by Crippen LogP contribution is -2.30. The molecule has 1 fully saturated rings. The SMILES string of the molecule is CNC1CC(=O)N(c2cc3c(cc2C)OCO3)C1. The minimum atomic E-state index is 0.149. The normalized spacial score (nSPS) is 21.8. The largest absolute Gasteiger partial charge is 0.454 e. The Hall–Kier alpha value is -1.75. The molecule has 1 atom stereocenters. The molecule has 0 aliphatic carbocycles. The second-order valence-electron chi connectivity index (χ2n) is 4.69. The molecule has 0 bridgehead atoms. The summed E-state index contributed by atoms with van der Waals surface area (Å²) in [7, 11) is 1.88. The highest BCUT2D eigenvalue weighted by atomic mass is 16.7. The molecule has 0 saturated carbocycles. The number of nitrogens with one attached hydrogen (secondary N) is 1. The monoisotopic (exact) mass is 248 g/mol. The number of nitrogens with zero attached hydrogens (tertiary/aromatic N) is 1. The van der Waals surface area contributed by atoms with E-state index in [4.69, 9.17) is 9.47 Å². The van der Waals surface area contributed by atoms with Crippen LogP contribution in [-0.2, 0) is 4.79 Å². The number of fused-ring (bicyclic) bond motifs is 1. The van der Waals surface area contributed by atoms with Crippen LogP contribution >= 0.6 is 0 Å². The van der Waals surface area contributed by atoms with Gasteiger partial charge >= 0.3 is 0 Å². The molecule has 1 aromatic rings. The van der Waals surface area contributed by atoms with E-state index in [1.54, 1.807) is 0 Å². The lowest BCUT2D eigenvalue weighted by Gasteiger charge is -2.19. The van der Waals surface area contributed by atoms with Crippen molar-refractivity contribution in [1.29, 1.82) is 0 Å². The van der Waals surface area contributed by atoms with Crippen molar-refractivity contribution >= 4 is 11.6 Å². The molecule has 0 radical (unpaired) electrons. The molecule has 5 heteroatoms. The van der Waals surface area contributed by atoms with Crippen LogP contribution in [0.2, 0.25) is 0 Å². The number of rotatable bonds is 2. The number of anilines is 1. The predicted molar refractivity (Wildman–Crippen MR) is 67.1 cm³/mol. The summed E-state index contributed by atoms with van der Waals surface area (Å²) >= 11 is 0. The van der Waals surface area contributed by atoms with Gasteiger partial charge in [-0.25, -0.2) is 0 Å². The van der Waals surface area contributed by atoms with Crippen molar-refractivity contribution in [3.8, 4) is 11.5 Å². The zero-order valence-electron chi connectivity index (χ0n) is 10.5. The van der Waals surface area contributed by atoms with Gasteiger partial charge in [-0.1, -0.05) is 0 Å². The van der Waals surface area contributed by atoms with E-state index >= 15 is 0 Å². The first kappa shape index (κ1) is 11.3. The number of aryl methyl sites for hydroxylation is 1. The molecule has 96 valence electrons. The molecule has 1 aromatic carbocycles. The van der Waals surface area contributed by atoms with Gasteiger partial charge in [0.15, 0.2) is 11.5 Å². The van der Waals surface area contributed by atoms with Gasteiger partial charge in [0.25, 0.3) is 0 Å². The van der Waals surface area contributed by atoms with Crippen molar-refractivity contribution in [1.82, 2.24) is 5.32 Å². The van der Waals surface area contributed by atoms with Gasteiger partial charge < -0.3 is 19.7 Å². The van der Waals surface area contributed by atoms with E-state index in [-0.39, 0.29) is 18.7 Å². The van der Waals surface area contributed by atoms with Crippen molar-refractivity contribution in [3.63, 3.8) is 0 Å². The number of ether oxygens (including phenoxy) is 2. The van der Waals surface area contributed by atoms with Crippen LogP contribution in [0.5, 0.6) is 11.5 Å². The summed E-state index contributed by atoms with van der Waals surface area (Å²) in [4.78, 5) is 13.8. The van der Waals surface area contributed by atoms with Crippen molar-refractivity contribution in [2.24, 2.45) is 0 Å². The number of amides is 1. The fourth-order valence-corrected chi connectivity index (χ4v) is 2.46. The lowest BCUT2D eigenvalue weighted by molar-refractivity contribution is -0.117. The quantitative estimate of drug-likeness (QED) is 0.850. The second-order valence-corrected chi connectivity index (χ2v) is 4.69. The van der Waals surface area contributed by atoms with E-state index < -0.39 is 0 Å². The van der Waals surface area contributed by atoms with Gasteiger partial charge in [0.05, 0.1) is 5.69 Å². The van der Waals surface area contributed by atoms with E-state index in [1.807, 2.05) is 31.0 Å². The Kier molecular flexibility index (Phi) is 2.63. The topological polar surface area (TPSA) is 50.8 Å². The minimum Gasteiger partial charge on any atom is -0.454 e. The molecule has 2 aliphatic rings. The molecule has 5 nitrogen and oxygen atoms in total. The van der Waals surface area contributed by atoms with Crippen LogP contribution in [0.1, 0.15) is 12.0 Å². The lowest BCUT2D eigenvalue weighted by atomic mass is 10.1. The maximum atomic E-state index is 12.0. The van der Waals surface area contributed by atoms with Crippen LogP contribution in [0.3, 0.4) is 0 Å². The van der Waals surface area contributed by atoms with Crippen LogP contribution in [-0.4, -0.2) is 32.3 Å². The first-order valence-corrected chi connectivity index (χ1v) is 6.07. The van der Waals surface area contributed by atoms with E-state index in [0.29, 0.717) is 13.0 Å². The smallest absolute Gasteiger partial charge is 0.231 e. The Morgan fingerprint density at radius 2 is 2.06 bits per heavy atom. The van der Waals surface area contributed by atoms with Gasteiger partial charge in [-0.15, -0.1) is 0 Å². The molecule has 1 saturated heterocycles. The summed E-state index contributed by atoms with van der Waals surface area (Å²) in [5.74, 6) is 1.63. The Morgan fingerprint density at radius 1 is 1.33 bits per heavy atom. The van der Waals surface area contributed by atoms with Crippen LogP contribution in [0.4, 0.5) is 5.69 Å². The number of hydrogen-bond acceptors (Lipinski definition) is 4. The Bertz CT molecular complexity index is 501. The van der Waals surface area contributed by atoms with Crippen molar-refractivity contribution < 1.29 is 14.3 Å². The van der Waals surface area contributed by atoms with Gasteiger partial charge in [-0.3, -0.25) is 4.79 Å². The minimum absolute atomic E-state index is 0.149. The standard InChI is InChI=1S/C13H16N2O3/c1-8-3-11-12(18-7-17-11)5-10(8)15-6-9(14-2)4-13(15)16/h3,5,9,14H,4,6-7H2,1-2H3. The van der Waals surface area contributed by atoms with E-state index in [0.717, 1.165) is 22.7 Å². The van der Waals surface area contributed by atoms with Gasteiger partial charge in [0.2, 0.25) is 12.7 Å². The summed E-state index contributed by atoms with van der Waals surface area (Å²) in [6.45, 7) is 2.94. The fraction of sp³-hybridized carbons (Fsp3) is 0.462. The average molecular weight is 248 g/mol. The van der Waals surface area contributed by atoms with E-state index in [1.165, 1.54) is 0 Å². The van der Waals surface area contributed by atoms with Gasteiger partial charge in [-0.2, -0.15) is 0 Å². The molecule has 1 N–H and O–H groups in total. The average Bonchev–Trinajstić information content (AvgIpc) is 2.93. The van der Waals surface area contributed by atoms with Gasteiger partial charge in [0.1, 0.15) is 0 Å². The third-order valence-corrected chi connectivity index (χ3v) is 3.52. The van der Waals surface area contributed by atoms with Crippen LogP contribution < -0.4 is 19.7 Å². The second kappa shape index (κ2) is 4.17. The van der Waals surface area contributed by atoms with Crippen LogP contribution in [0.25, 0.3) is 0 Å². The molecular formula is C13H16N2O3. The highest BCUT2D eigenvalue weighted by Gasteiger charge is 2.31. The maximum absolute atomic E-state index is 12.0. The highest BCUT2D eigenvalue weighted by Crippen LogP contribution is 2.39. The van der Waals surface area contributed by atoms with Crippen LogP contribution in [0, 0.1) is 6.92 Å². The summed E-state index contributed by atoms with van der Waals surface area (Å²) in [6, 6.07) is 4.05. The maximum Gasteiger partial charge on any atom is 0.231 e. The van der Waals surface area contributed by atoms with Crippen molar-refractivity contribution in [2.45, 2.75) is 19.4 Å². The number of benzene rings is 1. The highest BCUT2D eigenvalue weighted by molar-refractivity contribution is 5.97. The van der Waals surface area contributed by atoms with Crippen molar-refractivity contribution in [3.05, 3.63) is 17.7 Å². The molecule has 0 aromatic heterocycles. The third-order valence-electron chi connectivity index (χ3n) is 3.52. The number of likely N-dealkylation sites (N-methyl/N-ethyl adjacent to an activating group) is 1. The third kappa shape index (κ3) is 1.71. The number of carbonyl (C=O) groups excluding carboxylic acids is 1. The fourth-order valence-electron chi connectivity index (χ4n) is 2.46. The predicted octanol–water partition coefficient (Wildman–Crippen LogP) is 1.05. The molecular weight excluding hydrogens is 232 g/mol.